The lowest BCUT2D eigenvalue weighted by Crippen LogP contribution is -2.20. The molecule has 7 heteroatoms. The van der Waals surface area contributed by atoms with E-state index in [4.69, 9.17) is 9.47 Å². The number of carbonyl (C=O) groups is 1. The predicted molar refractivity (Wildman–Crippen MR) is 81.2 cm³/mol. The number of anilines is 1. The first kappa shape index (κ1) is 16.2. The van der Waals surface area contributed by atoms with Gasteiger partial charge in [0, 0.05) is 10.5 Å². The zero-order chi connectivity index (χ0) is 16.1. The molecule has 2 rings (SSSR count). The highest BCUT2D eigenvalue weighted by molar-refractivity contribution is 9.10. The molecule has 22 heavy (non-hydrogen) atoms. The van der Waals surface area contributed by atoms with Gasteiger partial charge in [-0.2, -0.15) is 0 Å². The van der Waals surface area contributed by atoms with E-state index >= 15 is 0 Å². The van der Waals surface area contributed by atoms with Crippen LogP contribution < -0.4 is 14.8 Å². The molecular formula is C15H12BrF2NO3. The van der Waals surface area contributed by atoms with Crippen molar-refractivity contribution < 1.29 is 23.0 Å². The van der Waals surface area contributed by atoms with Gasteiger partial charge in [0.15, 0.2) is 18.2 Å². The Balaban J connectivity index is 1.98. The molecule has 0 saturated carbocycles. The zero-order valence-electron chi connectivity index (χ0n) is 11.5. The van der Waals surface area contributed by atoms with Crippen molar-refractivity contribution in [2.75, 3.05) is 19.0 Å². The number of carbonyl (C=O) groups excluding carboxylic acids is 1. The van der Waals surface area contributed by atoms with Crippen molar-refractivity contribution in [3.63, 3.8) is 0 Å². The van der Waals surface area contributed by atoms with E-state index in [1.54, 1.807) is 6.07 Å². The molecule has 2 aromatic rings. The molecule has 116 valence electrons. The van der Waals surface area contributed by atoms with Gasteiger partial charge in [-0.1, -0.05) is 15.9 Å². The standard InChI is InChI=1S/C15H12BrF2NO3/c1-21-14-7-10(17)3-4-12(14)19-15(20)8-22-13-5-2-9(16)6-11(13)18/h2-7H,8H2,1H3,(H,19,20). The van der Waals surface area contributed by atoms with Crippen molar-refractivity contribution in [1.29, 1.82) is 0 Å². The summed E-state index contributed by atoms with van der Waals surface area (Å²) in [5.41, 5.74) is 0.300. The third-order valence-electron chi connectivity index (χ3n) is 2.69. The Hall–Kier alpha value is -2.15. The molecule has 0 unspecified atom stereocenters. The van der Waals surface area contributed by atoms with Gasteiger partial charge in [-0.3, -0.25) is 4.79 Å². The van der Waals surface area contributed by atoms with E-state index < -0.39 is 17.5 Å². The fourth-order valence-electron chi connectivity index (χ4n) is 1.69. The lowest BCUT2D eigenvalue weighted by molar-refractivity contribution is -0.118. The summed E-state index contributed by atoms with van der Waals surface area (Å²) in [6.45, 7) is -0.390. The summed E-state index contributed by atoms with van der Waals surface area (Å²) in [5.74, 6) is -1.44. The normalized spacial score (nSPS) is 10.2. The second-order valence-corrected chi connectivity index (χ2v) is 5.17. The number of hydrogen-bond donors (Lipinski definition) is 1. The molecule has 0 heterocycles. The van der Waals surface area contributed by atoms with Crippen LogP contribution in [-0.2, 0) is 4.79 Å². The molecule has 0 atom stereocenters. The Morgan fingerprint density at radius 2 is 1.95 bits per heavy atom. The van der Waals surface area contributed by atoms with E-state index in [9.17, 15) is 13.6 Å². The molecule has 0 aromatic heterocycles. The van der Waals surface area contributed by atoms with Gasteiger partial charge in [-0.15, -0.1) is 0 Å². The number of amides is 1. The molecule has 0 spiro atoms. The molecule has 4 nitrogen and oxygen atoms in total. The summed E-state index contributed by atoms with van der Waals surface area (Å²) in [6.07, 6.45) is 0. The van der Waals surface area contributed by atoms with Crippen LogP contribution in [0.4, 0.5) is 14.5 Å². The van der Waals surface area contributed by atoms with Gasteiger partial charge in [0.25, 0.3) is 5.91 Å². The fourth-order valence-corrected chi connectivity index (χ4v) is 2.02. The molecule has 1 N–H and O–H groups in total. The maximum absolute atomic E-state index is 13.5. The summed E-state index contributed by atoms with van der Waals surface area (Å²) in [4.78, 5) is 11.8. The van der Waals surface area contributed by atoms with Crippen molar-refractivity contribution in [2.24, 2.45) is 0 Å². The van der Waals surface area contributed by atoms with Crippen LogP contribution in [0.3, 0.4) is 0 Å². The van der Waals surface area contributed by atoms with Gasteiger partial charge in [0.05, 0.1) is 12.8 Å². The quantitative estimate of drug-likeness (QED) is 0.870. The number of benzene rings is 2. The number of hydrogen-bond acceptors (Lipinski definition) is 3. The Bertz CT molecular complexity index is 694. The summed E-state index contributed by atoms with van der Waals surface area (Å²) >= 11 is 3.12. The van der Waals surface area contributed by atoms with E-state index in [2.05, 4.69) is 21.2 Å². The third-order valence-corrected chi connectivity index (χ3v) is 3.18. The van der Waals surface area contributed by atoms with Crippen molar-refractivity contribution >= 4 is 27.5 Å². The maximum atomic E-state index is 13.5. The van der Waals surface area contributed by atoms with E-state index in [1.165, 1.54) is 31.4 Å². The Labute approximate surface area is 134 Å². The average molecular weight is 372 g/mol. The van der Waals surface area contributed by atoms with Crippen LogP contribution >= 0.6 is 15.9 Å². The highest BCUT2D eigenvalue weighted by Gasteiger charge is 2.11. The van der Waals surface area contributed by atoms with Crippen LogP contribution in [0.2, 0.25) is 0 Å². The topological polar surface area (TPSA) is 47.6 Å². The fraction of sp³-hybridized carbons (Fsp3) is 0.133. The van der Waals surface area contributed by atoms with Gasteiger partial charge < -0.3 is 14.8 Å². The highest BCUT2D eigenvalue weighted by Crippen LogP contribution is 2.25. The van der Waals surface area contributed by atoms with Crippen LogP contribution in [-0.4, -0.2) is 19.6 Å². The van der Waals surface area contributed by atoms with Gasteiger partial charge in [-0.05, 0) is 30.3 Å². The molecule has 0 bridgehead atoms. The number of ether oxygens (including phenoxy) is 2. The summed E-state index contributed by atoms with van der Waals surface area (Å²) in [7, 11) is 1.36. The lowest BCUT2D eigenvalue weighted by Gasteiger charge is -2.11. The zero-order valence-corrected chi connectivity index (χ0v) is 13.1. The molecule has 1 amide bonds. The van der Waals surface area contributed by atoms with Crippen molar-refractivity contribution in [3.8, 4) is 11.5 Å². The van der Waals surface area contributed by atoms with Gasteiger partial charge in [0.2, 0.25) is 0 Å². The van der Waals surface area contributed by atoms with Crippen molar-refractivity contribution in [1.82, 2.24) is 0 Å². The number of rotatable bonds is 5. The van der Waals surface area contributed by atoms with Crippen molar-refractivity contribution in [2.45, 2.75) is 0 Å². The van der Waals surface area contributed by atoms with Crippen molar-refractivity contribution in [3.05, 3.63) is 52.5 Å². The highest BCUT2D eigenvalue weighted by atomic mass is 79.9. The van der Waals surface area contributed by atoms with Gasteiger partial charge >= 0.3 is 0 Å². The molecular weight excluding hydrogens is 360 g/mol. The van der Waals surface area contributed by atoms with E-state index in [0.717, 1.165) is 6.07 Å². The van der Waals surface area contributed by atoms with Gasteiger partial charge in [0.1, 0.15) is 11.6 Å². The van der Waals surface area contributed by atoms with Crippen LogP contribution in [0.1, 0.15) is 0 Å². The second-order valence-electron chi connectivity index (χ2n) is 4.26. The van der Waals surface area contributed by atoms with E-state index in [0.29, 0.717) is 10.2 Å². The first-order valence-electron chi connectivity index (χ1n) is 6.21. The van der Waals surface area contributed by atoms with Crippen LogP contribution in [0.25, 0.3) is 0 Å². The minimum absolute atomic E-state index is 0.0376. The first-order valence-corrected chi connectivity index (χ1v) is 7.00. The molecule has 0 aliphatic heterocycles. The maximum Gasteiger partial charge on any atom is 0.262 e. The predicted octanol–water partition coefficient (Wildman–Crippen LogP) is 3.75. The molecule has 0 fully saturated rings. The molecule has 0 radical (unpaired) electrons. The average Bonchev–Trinajstić information content (AvgIpc) is 2.48. The largest absolute Gasteiger partial charge is 0.494 e. The second kappa shape index (κ2) is 7.22. The number of nitrogens with one attached hydrogen (secondary N) is 1. The SMILES string of the molecule is COc1cc(F)ccc1NC(=O)COc1ccc(Br)cc1F. The minimum atomic E-state index is -0.582. The molecule has 0 aliphatic carbocycles. The number of halogens is 3. The summed E-state index contributed by atoms with van der Waals surface area (Å²) in [6, 6.07) is 7.94. The lowest BCUT2D eigenvalue weighted by atomic mass is 10.3. The Kier molecular flexibility index (Phi) is 5.32. The molecule has 2 aromatic carbocycles. The van der Waals surface area contributed by atoms with Gasteiger partial charge in [-0.25, -0.2) is 8.78 Å². The molecule has 0 saturated heterocycles. The Morgan fingerprint density at radius 1 is 1.18 bits per heavy atom. The monoisotopic (exact) mass is 371 g/mol. The van der Waals surface area contributed by atoms with Crippen LogP contribution in [0, 0.1) is 11.6 Å². The molecule has 0 aliphatic rings. The Morgan fingerprint density at radius 3 is 2.64 bits per heavy atom. The minimum Gasteiger partial charge on any atom is -0.494 e. The smallest absolute Gasteiger partial charge is 0.262 e. The van der Waals surface area contributed by atoms with E-state index in [-0.39, 0.29) is 18.1 Å². The summed E-state index contributed by atoms with van der Waals surface area (Å²) in [5, 5.41) is 2.50. The number of methoxy groups -OCH3 is 1. The van der Waals surface area contributed by atoms with Crippen LogP contribution in [0.5, 0.6) is 11.5 Å². The van der Waals surface area contributed by atoms with Crippen LogP contribution in [0.15, 0.2) is 40.9 Å². The first-order chi connectivity index (χ1) is 10.5. The third kappa shape index (κ3) is 4.17. The van der Waals surface area contributed by atoms with E-state index in [1.807, 2.05) is 0 Å². The summed E-state index contributed by atoms with van der Waals surface area (Å²) < 4.78 is 37.2.